The summed E-state index contributed by atoms with van der Waals surface area (Å²) in [5, 5.41) is 0. The van der Waals surface area contributed by atoms with E-state index < -0.39 is 17.4 Å². The van der Waals surface area contributed by atoms with E-state index >= 15 is 0 Å². The van der Waals surface area contributed by atoms with E-state index in [1.54, 1.807) is 22.3 Å². The van der Waals surface area contributed by atoms with Crippen molar-refractivity contribution in [3.05, 3.63) is 106 Å². The zero-order valence-corrected chi connectivity index (χ0v) is 27.3. The summed E-state index contributed by atoms with van der Waals surface area (Å²) in [5.74, 6) is 0.572. The first-order valence-electron chi connectivity index (χ1n) is 12.3. The van der Waals surface area contributed by atoms with Crippen LogP contribution in [-0.2, 0) is 17.4 Å². The quantitative estimate of drug-likeness (QED) is 0.262. The molecule has 0 heterocycles. The van der Waals surface area contributed by atoms with Crippen molar-refractivity contribution in [1.82, 2.24) is 0 Å². The fraction of sp³-hybridized carbons (Fsp3) is 0.290. The Morgan fingerprint density at radius 1 is 0.771 bits per heavy atom. The van der Waals surface area contributed by atoms with Crippen LogP contribution in [-0.4, -0.2) is 6.88 Å². The third-order valence-corrected chi connectivity index (χ3v) is 25.7. The van der Waals surface area contributed by atoms with Gasteiger partial charge >= 0.3 is 203 Å². The van der Waals surface area contributed by atoms with Crippen molar-refractivity contribution in [3.63, 3.8) is 0 Å². The molecule has 0 amide bonds. The second-order valence-electron chi connectivity index (χ2n) is 11.8. The molecular weight excluding hydrogens is 563 g/mol. The van der Waals surface area contributed by atoms with Gasteiger partial charge in [-0.25, -0.2) is 0 Å². The normalized spacial score (nSPS) is 18.7. The van der Waals surface area contributed by atoms with E-state index in [4.69, 9.17) is 0 Å². The van der Waals surface area contributed by atoms with E-state index in [0.29, 0.717) is 13.2 Å². The summed E-state index contributed by atoms with van der Waals surface area (Å²) < 4.78 is 6.65. The first kappa shape index (κ1) is 28.4. The first-order valence-corrected chi connectivity index (χ1v) is 26.0. The van der Waals surface area contributed by atoms with Crippen molar-refractivity contribution in [2.75, 3.05) is 0 Å². The molecule has 2 atom stereocenters. The Morgan fingerprint density at radius 3 is 2.06 bits per heavy atom. The zero-order chi connectivity index (χ0) is 23.6. The van der Waals surface area contributed by atoms with E-state index in [2.05, 4.69) is 123 Å². The summed E-state index contributed by atoms with van der Waals surface area (Å²) in [6, 6.07) is 25.0. The summed E-state index contributed by atoms with van der Waals surface area (Å²) in [5.41, 5.74) is 13.4. The van der Waals surface area contributed by atoms with Crippen LogP contribution < -0.4 is 0 Å². The van der Waals surface area contributed by atoms with E-state index in [-0.39, 0.29) is 24.8 Å². The molecule has 0 fully saturated rings. The Morgan fingerprint density at radius 2 is 1.40 bits per heavy atom. The van der Waals surface area contributed by atoms with Gasteiger partial charge in [-0.1, -0.05) is 0 Å². The van der Waals surface area contributed by atoms with Gasteiger partial charge < -0.3 is 0 Å². The van der Waals surface area contributed by atoms with E-state index in [1.165, 1.54) is 27.8 Å². The van der Waals surface area contributed by atoms with Gasteiger partial charge in [0.25, 0.3) is 0 Å². The van der Waals surface area contributed by atoms with Crippen LogP contribution in [0.4, 0.5) is 0 Å². The zero-order valence-electron chi connectivity index (χ0n) is 21.8. The molecule has 0 saturated carbocycles. The first-order chi connectivity index (χ1) is 15.6. The largest absolute Gasteiger partial charge is 0.147 e. The minimum absolute atomic E-state index is 0. The number of benzene rings is 3. The molecule has 0 spiro atoms. The number of hydrogen-bond acceptors (Lipinski definition) is 0. The van der Waals surface area contributed by atoms with Crippen LogP contribution in [0.25, 0.3) is 23.3 Å². The molecule has 3 aromatic carbocycles. The van der Waals surface area contributed by atoms with Crippen LogP contribution in [0, 0.1) is 12.8 Å². The van der Waals surface area contributed by atoms with Crippen LogP contribution in [0.2, 0.25) is 9.26 Å². The van der Waals surface area contributed by atoms with Crippen LogP contribution in [0.1, 0.15) is 55.8 Å². The third kappa shape index (κ3) is 4.66. The maximum atomic E-state index is 2.74. The number of fused-ring (bicyclic) bond motifs is 2. The molecule has 0 aliphatic heterocycles. The smallest absolute Gasteiger partial charge is 0.147 e. The number of allylic oxidation sites excluding steroid dienone is 2. The molecule has 35 heavy (non-hydrogen) atoms. The van der Waals surface area contributed by atoms with Crippen molar-refractivity contribution in [2.45, 2.75) is 44.2 Å². The minimum Gasteiger partial charge on any atom is -0.147 e. The molecule has 0 saturated heterocycles. The van der Waals surface area contributed by atoms with Crippen LogP contribution in [0.5, 0.6) is 0 Å². The standard InChI is InChI=1S/C17H15.C12H13.2CH3.2ClH.H2Si.Zr/c1-12-8-15-9-13(2)11-17(15)16(10-12)14-6-4-3-5-7-14;1-9(2)12-7-10-5-3-4-6-11(10)8-12;;;;;;/h3-11H,1-2H3;3-9H,1-2H3;2*1H3;2*1H;1H2;. The summed E-state index contributed by atoms with van der Waals surface area (Å²) in [7, 11) is 0. The van der Waals surface area contributed by atoms with E-state index in [0.717, 1.165) is 0 Å². The van der Waals surface area contributed by atoms with Gasteiger partial charge in [-0.05, 0) is 0 Å². The van der Waals surface area contributed by atoms with Gasteiger partial charge in [0.05, 0.1) is 0 Å². The van der Waals surface area contributed by atoms with Crippen molar-refractivity contribution in [3.8, 4) is 11.1 Å². The number of halogens is 2. The fourth-order valence-electron chi connectivity index (χ4n) is 6.97. The molecule has 0 nitrogen and oxygen atoms in total. The molecule has 4 heteroatoms. The van der Waals surface area contributed by atoms with Gasteiger partial charge in [0, 0.05) is 0 Å². The summed E-state index contributed by atoms with van der Waals surface area (Å²) in [6.45, 7) is 11.9. The SMILES string of the molecule is CC1=Cc2c(-c3ccccc3)cc(C)cc2[CH]1[Zr]([CH3])([CH3])(=[SiH2])[CH]1C(C(C)C)=Cc2ccccc21.Cl.Cl. The third-order valence-electron chi connectivity index (χ3n) is 8.10. The van der Waals surface area contributed by atoms with E-state index in [1.807, 2.05) is 0 Å². The fourth-order valence-corrected chi connectivity index (χ4v) is 27.5. The van der Waals surface area contributed by atoms with Crippen LogP contribution >= 0.6 is 24.8 Å². The molecule has 0 N–H and O–H groups in total. The van der Waals surface area contributed by atoms with Gasteiger partial charge in [-0.15, -0.1) is 24.8 Å². The Balaban J connectivity index is 0.00000171. The Labute approximate surface area is 226 Å². The Kier molecular flexibility index (Phi) is 8.06. The van der Waals surface area contributed by atoms with Crippen LogP contribution in [0.15, 0.2) is 77.9 Å². The van der Waals surface area contributed by atoms with Gasteiger partial charge in [-0.2, -0.15) is 0 Å². The average Bonchev–Trinajstić information content (AvgIpc) is 3.32. The van der Waals surface area contributed by atoms with Crippen molar-refractivity contribution < 1.29 is 17.4 Å². The predicted octanol–water partition coefficient (Wildman–Crippen LogP) is 9.09. The molecule has 0 aromatic heterocycles. The van der Waals surface area contributed by atoms with Crippen molar-refractivity contribution >= 4 is 43.8 Å². The van der Waals surface area contributed by atoms with Crippen molar-refractivity contribution in [1.29, 1.82) is 0 Å². The second-order valence-corrected chi connectivity index (χ2v) is 42.3. The molecule has 2 aliphatic rings. The topological polar surface area (TPSA) is 0 Å². The monoisotopic (exact) mass is 598 g/mol. The summed E-state index contributed by atoms with van der Waals surface area (Å²) >= 11 is -3.44. The Hall–Kier alpha value is -1.18. The van der Waals surface area contributed by atoms with Crippen molar-refractivity contribution in [2.24, 2.45) is 5.92 Å². The van der Waals surface area contributed by atoms with Gasteiger partial charge in [0.15, 0.2) is 0 Å². The Bertz CT molecular complexity index is 1390. The number of hydrogen-bond donors (Lipinski definition) is 0. The summed E-state index contributed by atoms with van der Waals surface area (Å²) in [4.78, 5) is 0. The molecular formula is C31H38Cl2SiZr. The number of rotatable bonds is 4. The maximum Gasteiger partial charge on any atom is -0.147 e. The molecule has 2 unspecified atom stereocenters. The molecule has 0 bridgehead atoms. The van der Waals surface area contributed by atoms with Crippen LogP contribution in [0.3, 0.4) is 0 Å². The predicted molar refractivity (Wildman–Crippen MR) is 160 cm³/mol. The number of aryl methyl sites for hydroxylation is 1. The van der Waals surface area contributed by atoms with Gasteiger partial charge in [0.1, 0.15) is 0 Å². The molecule has 2 aliphatic carbocycles. The van der Waals surface area contributed by atoms with E-state index in [9.17, 15) is 0 Å². The van der Waals surface area contributed by atoms with Gasteiger partial charge in [0.2, 0.25) is 0 Å². The molecule has 0 radical (unpaired) electrons. The molecule has 184 valence electrons. The minimum atomic E-state index is -3.44. The molecule has 3 aromatic rings. The summed E-state index contributed by atoms with van der Waals surface area (Å²) in [6.07, 6.45) is 5.05. The second kappa shape index (κ2) is 9.94. The molecule has 5 rings (SSSR count). The maximum absolute atomic E-state index is 3.44. The average molecular weight is 601 g/mol. The van der Waals surface area contributed by atoms with Gasteiger partial charge in [-0.3, -0.25) is 0 Å².